The summed E-state index contributed by atoms with van der Waals surface area (Å²) in [5.41, 5.74) is 0.0505. The van der Waals surface area contributed by atoms with E-state index in [2.05, 4.69) is 0 Å². The molecule has 0 aliphatic carbocycles. The van der Waals surface area contributed by atoms with Crippen LogP contribution in [0, 0.1) is 0 Å². The van der Waals surface area contributed by atoms with Gasteiger partial charge in [0, 0.05) is 17.8 Å². The summed E-state index contributed by atoms with van der Waals surface area (Å²) in [7, 11) is 0. The second-order valence-corrected chi connectivity index (χ2v) is 5.26. The van der Waals surface area contributed by atoms with Crippen LogP contribution in [-0.4, -0.2) is 23.2 Å². The number of aliphatic carboxylic acids is 1. The monoisotopic (exact) mass is 287 g/mol. The van der Waals surface area contributed by atoms with Crippen LogP contribution in [0.15, 0.2) is 18.2 Å². The van der Waals surface area contributed by atoms with E-state index in [9.17, 15) is 18.0 Å². The lowest BCUT2D eigenvalue weighted by Crippen LogP contribution is -2.39. The van der Waals surface area contributed by atoms with E-state index in [0.29, 0.717) is 5.69 Å². The first-order valence-corrected chi connectivity index (χ1v) is 6.41. The van der Waals surface area contributed by atoms with Crippen molar-refractivity contribution in [3.8, 4) is 0 Å². The number of carboxylic acids is 1. The maximum atomic E-state index is 13.0. The lowest BCUT2D eigenvalue weighted by atomic mass is 10.0. The van der Waals surface area contributed by atoms with Crippen molar-refractivity contribution in [1.29, 1.82) is 0 Å². The zero-order chi connectivity index (χ0) is 15.1. The van der Waals surface area contributed by atoms with Crippen LogP contribution in [-0.2, 0) is 17.4 Å². The van der Waals surface area contributed by atoms with Crippen LogP contribution >= 0.6 is 0 Å². The standard InChI is InChI=1S/C14H16F3NO2/c1-8(2)18-9(7-13(19)20)6-10-11(14(15,16)17)4-3-5-12(10)18/h3-5,8-9H,6-7H2,1-2H3,(H,19,20). The van der Waals surface area contributed by atoms with Crippen molar-refractivity contribution >= 4 is 11.7 Å². The summed E-state index contributed by atoms with van der Waals surface area (Å²) in [5, 5.41) is 8.93. The molecule has 110 valence electrons. The number of carbonyl (C=O) groups is 1. The molecule has 0 amide bonds. The Morgan fingerprint density at radius 1 is 1.45 bits per heavy atom. The Hall–Kier alpha value is -1.72. The summed E-state index contributed by atoms with van der Waals surface area (Å²) in [6.45, 7) is 3.70. The van der Waals surface area contributed by atoms with Gasteiger partial charge >= 0.3 is 12.1 Å². The summed E-state index contributed by atoms with van der Waals surface area (Å²) < 4.78 is 39.1. The van der Waals surface area contributed by atoms with Crippen molar-refractivity contribution in [1.82, 2.24) is 0 Å². The molecule has 0 radical (unpaired) electrons. The van der Waals surface area contributed by atoms with Crippen molar-refractivity contribution in [2.24, 2.45) is 0 Å². The fourth-order valence-electron chi connectivity index (χ4n) is 2.90. The number of benzene rings is 1. The van der Waals surface area contributed by atoms with Gasteiger partial charge in [-0.1, -0.05) is 6.07 Å². The second-order valence-electron chi connectivity index (χ2n) is 5.26. The minimum atomic E-state index is -4.41. The molecule has 0 aromatic heterocycles. The highest BCUT2D eigenvalue weighted by Crippen LogP contribution is 2.42. The fraction of sp³-hybridized carbons (Fsp3) is 0.500. The van der Waals surface area contributed by atoms with Gasteiger partial charge in [-0.15, -0.1) is 0 Å². The minimum Gasteiger partial charge on any atom is -0.481 e. The normalized spacial score (nSPS) is 18.5. The SMILES string of the molecule is CC(C)N1c2cccc(C(F)(F)F)c2CC1CC(=O)O. The third kappa shape index (κ3) is 2.59. The van der Waals surface area contributed by atoms with E-state index in [0.717, 1.165) is 6.07 Å². The Morgan fingerprint density at radius 2 is 2.10 bits per heavy atom. The van der Waals surface area contributed by atoms with Crippen LogP contribution in [0.2, 0.25) is 0 Å². The predicted molar refractivity (Wildman–Crippen MR) is 68.8 cm³/mol. The van der Waals surface area contributed by atoms with Crippen molar-refractivity contribution in [2.75, 3.05) is 4.90 Å². The van der Waals surface area contributed by atoms with Gasteiger partial charge in [0.1, 0.15) is 0 Å². The maximum absolute atomic E-state index is 13.0. The van der Waals surface area contributed by atoms with Crippen LogP contribution in [0.25, 0.3) is 0 Å². The van der Waals surface area contributed by atoms with E-state index < -0.39 is 23.8 Å². The maximum Gasteiger partial charge on any atom is 0.416 e. The highest BCUT2D eigenvalue weighted by Gasteiger charge is 2.40. The Morgan fingerprint density at radius 3 is 2.60 bits per heavy atom. The third-order valence-electron chi connectivity index (χ3n) is 3.53. The van der Waals surface area contributed by atoms with Gasteiger partial charge in [-0.3, -0.25) is 4.79 Å². The molecule has 0 spiro atoms. The van der Waals surface area contributed by atoms with Crippen LogP contribution in [0.1, 0.15) is 31.4 Å². The molecule has 1 aromatic carbocycles. The molecule has 20 heavy (non-hydrogen) atoms. The molecular formula is C14H16F3NO2. The van der Waals surface area contributed by atoms with Gasteiger partial charge < -0.3 is 10.0 Å². The molecule has 0 bridgehead atoms. The third-order valence-corrected chi connectivity index (χ3v) is 3.53. The molecule has 0 saturated carbocycles. The summed E-state index contributed by atoms with van der Waals surface area (Å²) in [5.74, 6) is -0.998. The number of hydrogen-bond acceptors (Lipinski definition) is 2. The van der Waals surface area contributed by atoms with Crippen molar-refractivity contribution in [3.05, 3.63) is 29.3 Å². The highest BCUT2D eigenvalue weighted by molar-refractivity contribution is 5.71. The number of carboxylic acid groups (broad SMARTS) is 1. The highest BCUT2D eigenvalue weighted by atomic mass is 19.4. The number of hydrogen-bond donors (Lipinski definition) is 1. The van der Waals surface area contributed by atoms with E-state index >= 15 is 0 Å². The molecule has 1 unspecified atom stereocenters. The van der Waals surface area contributed by atoms with Crippen molar-refractivity contribution in [2.45, 2.75) is 44.9 Å². The lowest BCUT2D eigenvalue weighted by Gasteiger charge is -2.30. The zero-order valence-corrected chi connectivity index (χ0v) is 11.2. The van der Waals surface area contributed by atoms with Gasteiger partial charge in [0.15, 0.2) is 0 Å². The number of alkyl halides is 3. The van der Waals surface area contributed by atoms with Crippen LogP contribution in [0.3, 0.4) is 0 Å². The molecular weight excluding hydrogens is 271 g/mol. The van der Waals surface area contributed by atoms with E-state index in [1.807, 2.05) is 13.8 Å². The molecule has 1 aromatic rings. The number of nitrogens with zero attached hydrogens (tertiary/aromatic N) is 1. The Bertz CT molecular complexity index is 526. The number of anilines is 1. The summed E-state index contributed by atoms with van der Waals surface area (Å²) in [4.78, 5) is 12.7. The average molecular weight is 287 g/mol. The van der Waals surface area contributed by atoms with Gasteiger partial charge in [-0.25, -0.2) is 0 Å². The number of halogens is 3. The van der Waals surface area contributed by atoms with Gasteiger partial charge in [-0.05, 0) is 38.0 Å². The Labute approximate surface area is 115 Å². The largest absolute Gasteiger partial charge is 0.481 e. The van der Waals surface area contributed by atoms with Gasteiger partial charge in [0.2, 0.25) is 0 Å². The summed E-state index contributed by atoms with van der Waals surface area (Å²) in [6, 6.07) is 3.59. The number of fused-ring (bicyclic) bond motifs is 1. The van der Waals surface area contributed by atoms with Gasteiger partial charge in [0.25, 0.3) is 0 Å². The summed E-state index contributed by atoms with van der Waals surface area (Å²) >= 11 is 0. The first-order chi connectivity index (χ1) is 9.21. The van der Waals surface area contributed by atoms with Crippen LogP contribution < -0.4 is 4.90 Å². The van der Waals surface area contributed by atoms with E-state index in [1.54, 1.807) is 11.0 Å². The molecule has 1 atom stereocenters. The molecule has 2 rings (SSSR count). The quantitative estimate of drug-likeness (QED) is 0.927. The summed E-state index contributed by atoms with van der Waals surface area (Å²) in [6.07, 6.45) is -4.45. The average Bonchev–Trinajstić information content (AvgIpc) is 2.63. The molecule has 0 fully saturated rings. The molecule has 1 N–H and O–H groups in total. The van der Waals surface area contributed by atoms with E-state index in [-0.39, 0.29) is 24.4 Å². The molecule has 6 heteroatoms. The van der Waals surface area contributed by atoms with Gasteiger partial charge in [-0.2, -0.15) is 13.2 Å². The molecule has 1 aliphatic rings. The predicted octanol–water partition coefficient (Wildman–Crippen LogP) is 3.32. The Balaban J connectivity index is 2.47. The number of rotatable bonds is 3. The van der Waals surface area contributed by atoms with E-state index in [1.165, 1.54) is 6.07 Å². The zero-order valence-electron chi connectivity index (χ0n) is 11.2. The van der Waals surface area contributed by atoms with Crippen LogP contribution in [0.4, 0.5) is 18.9 Å². The van der Waals surface area contributed by atoms with Crippen LogP contribution in [0.5, 0.6) is 0 Å². The fourth-order valence-corrected chi connectivity index (χ4v) is 2.90. The molecule has 3 nitrogen and oxygen atoms in total. The lowest BCUT2D eigenvalue weighted by molar-refractivity contribution is -0.138. The van der Waals surface area contributed by atoms with Gasteiger partial charge in [0.05, 0.1) is 12.0 Å². The molecule has 1 aliphatic heterocycles. The smallest absolute Gasteiger partial charge is 0.416 e. The first-order valence-electron chi connectivity index (χ1n) is 6.41. The van der Waals surface area contributed by atoms with E-state index in [4.69, 9.17) is 5.11 Å². The minimum absolute atomic E-state index is 0.0518. The molecule has 0 saturated heterocycles. The topological polar surface area (TPSA) is 40.5 Å². The Kier molecular flexibility index (Phi) is 3.67. The van der Waals surface area contributed by atoms with Crippen molar-refractivity contribution in [3.63, 3.8) is 0 Å². The van der Waals surface area contributed by atoms with Crippen molar-refractivity contribution < 1.29 is 23.1 Å². The second kappa shape index (κ2) is 5.00. The molecule has 1 heterocycles. The first kappa shape index (κ1) is 14.7.